The van der Waals surface area contributed by atoms with Crippen molar-refractivity contribution in [3.05, 3.63) is 6.33 Å². The molecule has 0 unspecified atom stereocenters. The second kappa shape index (κ2) is 8.30. The van der Waals surface area contributed by atoms with E-state index >= 15 is 0 Å². The fourth-order valence-corrected chi connectivity index (χ4v) is 2.87. The molecule has 2 aromatic rings. The molecule has 3 heterocycles. The van der Waals surface area contributed by atoms with E-state index < -0.39 is 12.1 Å². The number of fused-ring (bicyclic) bond motifs is 1. The number of amides is 2. The van der Waals surface area contributed by atoms with Crippen LogP contribution in [-0.2, 0) is 4.79 Å². The number of nitrogens with zero attached hydrogens (tertiary/aromatic N) is 4. The Kier molecular flexibility index (Phi) is 6.32. The summed E-state index contributed by atoms with van der Waals surface area (Å²) in [4.78, 5) is 35.7. The Morgan fingerprint density at radius 3 is 2.63 bits per heavy atom. The second-order valence-corrected chi connectivity index (χ2v) is 6.26. The molecular formula is C13H15F3N6O4S. The highest BCUT2D eigenvalue weighted by molar-refractivity contribution is 7.22. The van der Waals surface area contributed by atoms with E-state index in [1.807, 2.05) is 0 Å². The molecule has 1 atom stereocenters. The molecule has 14 heteroatoms. The third kappa shape index (κ3) is 5.37. The van der Waals surface area contributed by atoms with Crippen molar-refractivity contribution in [3.8, 4) is 5.88 Å². The number of likely N-dealkylation sites (tertiary alicyclic amines) is 1. The summed E-state index contributed by atoms with van der Waals surface area (Å²) in [5.41, 5.74) is 6.34. The number of carboxylic acids is 1. The minimum atomic E-state index is -5.08. The lowest BCUT2D eigenvalue weighted by Gasteiger charge is -2.15. The lowest BCUT2D eigenvalue weighted by Crippen LogP contribution is -2.35. The van der Waals surface area contributed by atoms with Gasteiger partial charge in [0.05, 0.1) is 7.11 Å². The SMILES string of the molecule is COc1ncnc2sc(NC(=O)N3CC[C@H](N)C3)nc12.O=C(O)C(F)(F)F. The molecule has 1 fully saturated rings. The summed E-state index contributed by atoms with van der Waals surface area (Å²) in [5, 5.41) is 10.4. The maximum Gasteiger partial charge on any atom is 0.490 e. The molecule has 0 aliphatic carbocycles. The van der Waals surface area contributed by atoms with Crippen LogP contribution in [0.1, 0.15) is 6.42 Å². The van der Waals surface area contributed by atoms with Gasteiger partial charge in [0.2, 0.25) is 5.88 Å². The molecule has 148 valence electrons. The molecule has 3 rings (SSSR count). The monoisotopic (exact) mass is 408 g/mol. The Morgan fingerprint density at radius 2 is 2.11 bits per heavy atom. The lowest BCUT2D eigenvalue weighted by atomic mass is 10.3. The van der Waals surface area contributed by atoms with E-state index in [1.165, 1.54) is 24.8 Å². The molecule has 1 aliphatic heterocycles. The van der Waals surface area contributed by atoms with Crippen LogP contribution in [0.15, 0.2) is 6.33 Å². The highest BCUT2D eigenvalue weighted by Crippen LogP contribution is 2.29. The number of halogens is 3. The van der Waals surface area contributed by atoms with Gasteiger partial charge in [-0.25, -0.2) is 19.6 Å². The molecule has 0 saturated carbocycles. The van der Waals surface area contributed by atoms with Crippen LogP contribution in [-0.4, -0.2) is 69.4 Å². The standard InChI is InChI=1S/C11H14N6O2S.C2HF3O2/c1-19-8-7-9(14-5-13-8)20-10(15-7)16-11(18)17-3-2-6(12)4-17;3-2(4,5)1(6)7/h5-6H,2-4,12H2,1H3,(H,15,16,18);(H,6,7)/t6-;/m0./s1. The van der Waals surface area contributed by atoms with Gasteiger partial charge in [-0.05, 0) is 6.42 Å². The number of hydrogen-bond acceptors (Lipinski definition) is 8. The van der Waals surface area contributed by atoms with Gasteiger partial charge in [-0.3, -0.25) is 5.32 Å². The number of rotatable bonds is 2. The second-order valence-electron chi connectivity index (χ2n) is 5.28. The van der Waals surface area contributed by atoms with Gasteiger partial charge in [-0.2, -0.15) is 18.2 Å². The smallest absolute Gasteiger partial charge is 0.479 e. The van der Waals surface area contributed by atoms with Crippen molar-refractivity contribution < 1.29 is 32.6 Å². The number of anilines is 1. The number of aromatic nitrogens is 3. The average Bonchev–Trinajstić information content (AvgIpc) is 3.19. The fraction of sp³-hybridized carbons (Fsp3) is 0.462. The van der Waals surface area contributed by atoms with Crippen LogP contribution in [0.2, 0.25) is 0 Å². The van der Waals surface area contributed by atoms with Crippen molar-refractivity contribution in [2.24, 2.45) is 5.73 Å². The third-order valence-corrected chi connectivity index (χ3v) is 4.20. The Bertz CT molecular complexity index is 830. The number of thiazole rings is 1. The highest BCUT2D eigenvalue weighted by atomic mass is 32.1. The largest absolute Gasteiger partial charge is 0.490 e. The zero-order valence-corrected chi connectivity index (χ0v) is 14.7. The van der Waals surface area contributed by atoms with Gasteiger partial charge >= 0.3 is 18.2 Å². The van der Waals surface area contributed by atoms with Crippen molar-refractivity contribution in [3.63, 3.8) is 0 Å². The van der Waals surface area contributed by atoms with Crippen LogP contribution in [0.5, 0.6) is 5.88 Å². The van der Waals surface area contributed by atoms with Crippen molar-refractivity contribution in [2.45, 2.75) is 18.6 Å². The molecule has 2 amide bonds. The molecular weight excluding hydrogens is 393 g/mol. The Hall–Kier alpha value is -2.74. The number of carbonyl (C=O) groups excluding carboxylic acids is 1. The van der Waals surface area contributed by atoms with E-state index in [-0.39, 0.29) is 12.1 Å². The van der Waals surface area contributed by atoms with E-state index in [2.05, 4.69) is 20.3 Å². The Labute approximate surface area is 154 Å². The van der Waals surface area contributed by atoms with Crippen LogP contribution in [0.3, 0.4) is 0 Å². The number of hydrogen-bond donors (Lipinski definition) is 3. The van der Waals surface area contributed by atoms with Gasteiger partial charge in [0, 0.05) is 19.1 Å². The first-order chi connectivity index (χ1) is 12.6. The fourth-order valence-electron chi connectivity index (χ4n) is 2.08. The first-order valence-electron chi connectivity index (χ1n) is 7.39. The summed E-state index contributed by atoms with van der Waals surface area (Å²) in [5.74, 6) is -2.36. The summed E-state index contributed by atoms with van der Waals surface area (Å²) < 4.78 is 36.8. The minimum Gasteiger partial charge on any atom is -0.479 e. The van der Waals surface area contributed by atoms with E-state index in [1.54, 1.807) is 4.90 Å². The van der Waals surface area contributed by atoms with Crippen molar-refractivity contribution in [2.75, 3.05) is 25.5 Å². The number of nitrogens with two attached hydrogens (primary N) is 1. The van der Waals surface area contributed by atoms with Crippen molar-refractivity contribution >= 4 is 38.8 Å². The molecule has 2 aromatic heterocycles. The van der Waals surface area contributed by atoms with Crippen molar-refractivity contribution in [1.82, 2.24) is 19.9 Å². The quantitative estimate of drug-likeness (QED) is 0.674. The highest BCUT2D eigenvalue weighted by Gasteiger charge is 2.38. The summed E-state index contributed by atoms with van der Waals surface area (Å²) >= 11 is 1.28. The van der Waals surface area contributed by atoms with Gasteiger partial charge in [0.1, 0.15) is 6.33 Å². The first kappa shape index (κ1) is 20.6. The molecule has 0 aromatic carbocycles. The maximum absolute atomic E-state index is 12.1. The van der Waals surface area contributed by atoms with Crippen LogP contribution < -0.4 is 15.8 Å². The number of methoxy groups -OCH3 is 1. The number of carbonyl (C=O) groups is 2. The number of ether oxygens (including phenoxy) is 1. The molecule has 1 aliphatic rings. The summed E-state index contributed by atoms with van der Waals surface area (Å²) in [7, 11) is 1.52. The molecule has 0 radical (unpaired) electrons. The topological polar surface area (TPSA) is 144 Å². The Balaban J connectivity index is 0.000000321. The number of carboxylic acid groups (broad SMARTS) is 1. The van der Waals surface area contributed by atoms with Crippen LogP contribution >= 0.6 is 11.3 Å². The first-order valence-corrected chi connectivity index (χ1v) is 8.20. The van der Waals surface area contributed by atoms with E-state index in [0.29, 0.717) is 34.4 Å². The molecule has 4 N–H and O–H groups in total. The number of nitrogens with one attached hydrogen (secondary N) is 1. The van der Waals surface area contributed by atoms with E-state index in [9.17, 15) is 18.0 Å². The van der Waals surface area contributed by atoms with Gasteiger partial charge < -0.3 is 20.5 Å². The zero-order valence-electron chi connectivity index (χ0n) is 13.9. The van der Waals surface area contributed by atoms with Gasteiger partial charge in [-0.1, -0.05) is 11.3 Å². The van der Waals surface area contributed by atoms with E-state index in [4.69, 9.17) is 20.4 Å². The zero-order chi connectivity index (χ0) is 20.2. The minimum absolute atomic E-state index is 0.0575. The lowest BCUT2D eigenvalue weighted by molar-refractivity contribution is -0.192. The normalized spacial score (nSPS) is 16.6. The predicted octanol–water partition coefficient (Wildman–Crippen LogP) is 1.29. The molecule has 1 saturated heterocycles. The van der Waals surface area contributed by atoms with Gasteiger partial charge in [-0.15, -0.1) is 0 Å². The summed E-state index contributed by atoms with van der Waals surface area (Å²) in [6, 6.07) is -0.133. The maximum atomic E-state index is 12.1. The van der Waals surface area contributed by atoms with Gasteiger partial charge in [0.15, 0.2) is 15.5 Å². The Morgan fingerprint density at radius 1 is 1.44 bits per heavy atom. The van der Waals surface area contributed by atoms with Crippen molar-refractivity contribution in [1.29, 1.82) is 0 Å². The molecule has 0 spiro atoms. The van der Waals surface area contributed by atoms with E-state index in [0.717, 1.165) is 6.42 Å². The number of urea groups is 1. The predicted molar refractivity (Wildman–Crippen MR) is 88.6 cm³/mol. The molecule has 0 bridgehead atoms. The van der Waals surface area contributed by atoms with Gasteiger partial charge in [0.25, 0.3) is 0 Å². The van der Waals surface area contributed by atoms with Crippen LogP contribution in [0.4, 0.5) is 23.1 Å². The molecule has 27 heavy (non-hydrogen) atoms. The van der Waals surface area contributed by atoms with Crippen LogP contribution in [0, 0.1) is 0 Å². The summed E-state index contributed by atoms with van der Waals surface area (Å²) in [6.45, 7) is 1.24. The third-order valence-electron chi connectivity index (χ3n) is 3.32. The van der Waals surface area contributed by atoms with Crippen LogP contribution in [0.25, 0.3) is 10.3 Å². The summed E-state index contributed by atoms with van der Waals surface area (Å²) in [6.07, 6.45) is -2.85. The molecule has 10 nitrogen and oxygen atoms in total. The average molecular weight is 408 g/mol. The number of alkyl halides is 3. The number of aliphatic carboxylic acids is 1.